The molecule has 0 unspecified atom stereocenters. The molecule has 1 aliphatic carbocycles. The van der Waals surface area contributed by atoms with Gasteiger partial charge in [-0.1, -0.05) is 12.1 Å². The summed E-state index contributed by atoms with van der Waals surface area (Å²) in [5.74, 6) is 1.17. The number of imidazole rings is 1. The van der Waals surface area contributed by atoms with Crippen LogP contribution < -0.4 is 0 Å². The third kappa shape index (κ3) is 3.16. The van der Waals surface area contributed by atoms with Crippen molar-refractivity contribution in [3.63, 3.8) is 0 Å². The van der Waals surface area contributed by atoms with Crippen molar-refractivity contribution in [2.45, 2.75) is 31.1 Å². The average molecular weight is 347 g/mol. The number of rotatable bonds is 5. The lowest BCUT2D eigenvalue weighted by atomic mass is 10.3. The van der Waals surface area contributed by atoms with E-state index in [0.29, 0.717) is 18.3 Å². The molecular weight excluding hydrogens is 330 g/mol. The van der Waals surface area contributed by atoms with Gasteiger partial charge in [0.05, 0.1) is 28.3 Å². The summed E-state index contributed by atoms with van der Waals surface area (Å²) in [5.41, 5.74) is 2.76. The number of benzene rings is 1. The zero-order valence-corrected chi connectivity index (χ0v) is 14.4. The van der Waals surface area contributed by atoms with Crippen molar-refractivity contribution in [2.24, 2.45) is 0 Å². The largest absolute Gasteiger partial charge is 0.321 e. The molecule has 2 heterocycles. The van der Waals surface area contributed by atoms with E-state index in [1.807, 2.05) is 28.8 Å². The van der Waals surface area contributed by atoms with Crippen LogP contribution in [0.3, 0.4) is 0 Å². The van der Waals surface area contributed by atoms with Crippen molar-refractivity contribution in [1.82, 2.24) is 14.5 Å². The zero-order valence-electron chi connectivity index (χ0n) is 12.8. The van der Waals surface area contributed by atoms with E-state index < -0.39 is 9.84 Å². The molecule has 23 heavy (non-hydrogen) atoms. The highest BCUT2D eigenvalue weighted by Gasteiger charge is 2.26. The third-order valence-electron chi connectivity index (χ3n) is 3.94. The molecule has 1 fully saturated rings. The van der Waals surface area contributed by atoms with E-state index in [-0.39, 0.29) is 5.75 Å². The van der Waals surface area contributed by atoms with Gasteiger partial charge in [0.25, 0.3) is 0 Å². The predicted molar refractivity (Wildman–Crippen MR) is 91.5 cm³/mol. The molecule has 0 aliphatic heterocycles. The van der Waals surface area contributed by atoms with Crippen LogP contribution in [0.1, 0.15) is 35.3 Å². The molecule has 0 radical (unpaired) electrons. The third-order valence-corrected chi connectivity index (χ3v) is 5.78. The van der Waals surface area contributed by atoms with E-state index in [0.717, 1.165) is 16.7 Å². The van der Waals surface area contributed by atoms with Crippen LogP contribution in [0.2, 0.25) is 0 Å². The van der Waals surface area contributed by atoms with Gasteiger partial charge in [-0.2, -0.15) is 0 Å². The van der Waals surface area contributed by atoms with Crippen LogP contribution in [0, 0.1) is 0 Å². The first-order valence-electron chi connectivity index (χ1n) is 7.56. The number of nitrogens with zero attached hydrogens (tertiary/aromatic N) is 3. The van der Waals surface area contributed by atoms with Crippen LogP contribution in [-0.4, -0.2) is 29.2 Å². The van der Waals surface area contributed by atoms with E-state index in [2.05, 4.69) is 10.4 Å². The van der Waals surface area contributed by atoms with Gasteiger partial charge in [-0.3, -0.25) is 0 Å². The Labute approximate surface area is 138 Å². The maximum Gasteiger partial charge on any atom is 0.154 e. The summed E-state index contributed by atoms with van der Waals surface area (Å²) >= 11 is 1.70. The Kier molecular flexibility index (Phi) is 3.50. The minimum atomic E-state index is -3.14. The van der Waals surface area contributed by atoms with Crippen molar-refractivity contribution in [3.05, 3.63) is 46.2 Å². The Morgan fingerprint density at radius 3 is 2.78 bits per heavy atom. The second kappa shape index (κ2) is 5.42. The molecule has 0 atom stereocenters. The number of sulfone groups is 1. The molecule has 1 saturated carbocycles. The molecule has 2 aromatic heterocycles. The van der Waals surface area contributed by atoms with Gasteiger partial charge in [0.1, 0.15) is 11.6 Å². The van der Waals surface area contributed by atoms with Crippen molar-refractivity contribution >= 4 is 32.2 Å². The minimum absolute atomic E-state index is 0.0543. The van der Waals surface area contributed by atoms with Gasteiger partial charge in [-0.15, -0.1) is 11.3 Å². The van der Waals surface area contributed by atoms with Crippen molar-refractivity contribution < 1.29 is 8.42 Å². The Morgan fingerprint density at radius 2 is 2.04 bits per heavy atom. The number of hydrogen-bond donors (Lipinski definition) is 0. The van der Waals surface area contributed by atoms with Crippen molar-refractivity contribution in [2.75, 3.05) is 6.26 Å². The number of hydrogen-bond acceptors (Lipinski definition) is 5. The fraction of sp³-hybridized carbons (Fsp3) is 0.375. The van der Waals surface area contributed by atoms with Gasteiger partial charge in [0, 0.05) is 17.6 Å². The SMILES string of the molecule is CS(=O)(=O)Cc1nc2ccccc2n1Cc1csc(C2CC2)n1. The number of aromatic nitrogens is 3. The Hall–Kier alpha value is -1.73. The topological polar surface area (TPSA) is 64.8 Å². The van der Waals surface area contributed by atoms with Gasteiger partial charge in [0.2, 0.25) is 0 Å². The highest BCUT2D eigenvalue weighted by Crippen LogP contribution is 2.41. The summed E-state index contributed by atoms with van der Waals surface area (Å²) in [4.78, 5) is 9.22. The second-order valence-electron chi connectivity index (χ2n) is 6.12. The summed E-state index contributed by atoms with van der Waals surface area (Å²) in [6.45, 7) is 0.564. The summed E-state index contributed by atoms with van der Waals surface area (Å²) in [6.07, 6.45) is 3.71. The minimum Gasteiger partial charge on any atom is -0.321 e. The first kappa shape index (κ1) is 14.8. The highest BCUT2D eigenvalue weighted by atomic mass is 32.2. The van der Waals surface area contributed by atoms with E-state index in [4.69, 9.17) is 4.98 Å². The van der Waals surface area contributed by atoms with Gasteiger partial charge in [0.15, 0.2) is 9.84 Å². The summed E-state index contributed by atoms with van der Waals surface area (Å²) < 4.78 is 25.4. The molecule has 3 aromatic rings. The van der Waals surface area contributed by atoms with Crippen LogP contribution in [0.4, 0.5) is 0 Å². The van der Waals surface area contributed by atoms with Gasteiger partial charge >= 0.3 is 0 Å². The van der Waals surface area contributed by atoms with Crippen LogP contribution in [0.15, 0.2) is 29.6 Å². The van der Waals surface area contributed by atoms with Gasteiger partial charge < -0.3 is 4.57 Å². The fourth-order valence-electron chi connectivity index (χ4n) is 2.72. The summed E-state index contributed by atoms with van der Waals surface area (Å²) in [6, 6.07) is 7.75. The van der Waals surface area contributed by atoms with Crippen LogP contribution in [0.25, 0.3) is 11.0 Å². The van der Waals surface area contributed by atoms with Gasteiger partial charge in [-0.25, -0.2) is 18.4 Å². The molecule has 0 N–H and O–H groups in total. The lowest BCUT2D eigenvalue weighted by molar-refractivity contribution is 0.597. The molecule has 120 valence electrons. The zero-order chi connectivity index (χ0) is 16.0. The Bertz CT molecular complexity index is 968. The van der Waals surface area contributed by atoms with Crippen LogP contribution in [-0.2, 0) is 22.1 Å². The Morgan fingerprint density at radius 1 is 1.26 bits per heavy atom. The van der Waals surface area contributed by atoms with E-state index in [1.165, 1.54) is 24.1 Å². The smallest absolute Gasteiger partial charge is 0.154 e. The van der Waals surface area contributed by atoms with Crippen LogP contribution >= 0.6 is 11.3 Å². The lowest BCUT2D eigenvalue weighted by Gasteiger charge is -2.07. The number of fused-ring (bicyclic) bond motifs is 1. The molecule has 1 aromatic carbocycles. The molecule has 7 heteroatoms. The number of para-hydroxylation sites is 2. The first-order chi connectivity index (χ1) is 11.0. The van der Waals surface area contributed by atoms with E-state index in [1.54, 1.807) is 11.3 Å². The average Bonchev–Trinajstić information content (AvgIpc) is 3.14. The van der Waals surface area contributed by atoms with Crippen molar-refractivity contribution in [3.8, 4) is 0 Å². The van der Waals surface area contributed by atoms with Gasteiger partial charge in [-0.05, 0) is 25.0 Å². The predicted octanol–water partition coefficient (Wildman–Crippen LogP) is 2.96. The maximum absolute atomic E-state index is 11.7. The van der Waals surface area contributed by atoms with E-state index >= 15 is 0 Å². The molecule has 5 nitrogen and oxygen atoms in total. The fourth-order valence-corrected chi connectivity index (χ4v) is 4.39. The second-order valence-corrected chi connectivity index (χ2v) is 9.15. The first-order valence-corrected chi connectivity index (χ1v) is 10.5. The molecule has 0 saturated heterocycles. The van der Waals surface area contributed by atoms with E-state index in [9.17, 15) is 8.42 Å². The summed E-state index contributed by atoms with van der Waals surface area (Å²) in [5, 5.41) is 3.28. The monoisotopic (exact) mass is 347 g/mol. The Balaban J connectivity index is 1.74. The molecule has 4 rings (SSSR count). The maximum atomic E-state index is 11.7. The quantitative estimate of drug-likeness (QED) is 0.712. The standard InChI is InChI=1S/C16H17N3O2S2/c1-23(20,21)10-15-18-13-4-2-3-5-14(13)19(15)8-12-9-22-16(17-12)11-6-7-11/h2-5,9,11H,6-8,10H2,1H3. The molecule has 0 bridgehead atoms. The highest BCUT2D eigenvalue weighted by molar-refractivity contribution is 7.89. The van der Waals surface area contributed by atoms with Crippen LogP contribution in [0.5, 0.6) is 0 Å². The number of thiazole rings is 1. The normalized spacial score (nSPS) is 15.3. The molecule has 0 amide bonds. The summed E-state index contributed by atoms with van der Waals surface area (Å²) in [7, 11) is -3.14. The molecule has 1 aliphatic rings. The lowest BCUT2D eigenvalue weighted by Crippen LogP contribution is -2.10. The molecule has 0 spiro atoms. The molecular formula is C16H17N3O2S2. The van der Waals surface area contributed by atoms with Crippen molar-refractivity contribution in [1.29, 1.82) is 0 Å².